The van der Waals surface area contributed by atoms with Crippen molar-refractivity contribution in [3.8, 4) is 23.4 Å². The first-order valence-corrected chi connectivity index (χ1v) is 11.0. The van der Waals surface area contributed by atoms with E-state index in [0.29, 0.717) is 30.2 Å². The lowest BCUT2D eigenvalue weighted by Gasteiger charge is -2.17. The monoisotopic (exact) mass is 462 g/mol. The number of aliphatic carboxylic acids is 1. The molecule has 1 aliphatic rings. The molecule has 3 aromatic rings. The molecule has 34 heavy (non-hydrogen) atoms. The molecule has 1 N–H and O–H groups in total. The maximum atomic E-state index is 10.8. The molecule has 10 nitrogen and oxygen atoms in total. The van der Waals surface area contributed by atoms with Crippen LogP contribution in [-0.4, -0.2) is 57.3 Å². The van der Waals surface area contributed by atoms with Crippen molar-refractivity contribution in [2.24, 2.45) is 0 Å². The van der Waals surface area contributed by atoms with Crippen molar-refractivity contribution in [1.82, 2.24) is 20.0 Å². The Balaban J connectivity index is 1.49. The third-order valence-corrected chi connectivity index (χ3v) is 5.42. The summed E-state index contributed by atoms with van der Waals surface area (Å²) in [4.78, 5) is 23.5. The molecule has 1 aliphatic heterocycles. The molecule has 0 aliphatic carbocycles. The van der Waals surface area contributed by atoms with Gasteiger partial charge in [-0.15, -0.1) is 0 Å². The number of carboxylic acid groups (broad SMARTS) is 1. The Kier molecular flexibility index (Phi) is 6.75. The maximum absolute atomic E-state index is 10.8. The quantitative estimate of drug-likeness (QED) is 0.505. The molecule has 0 spiro atoms. The van der Waals surface area contributed by atoms with E-state index in [9.17, 15) is 10.1 Å². The number of hydrogen-bond acceptors (Lipinski definition) is 9. The van der Waals surface area contributed by atoms with Crippen molar-refractivity contribution in [1.29, 1.82) is 5.26 Å². The highest BCUT2D eigenvalue weighted by atomic mass is 16.5. The predicted octanol–water partition coefficient (Wildman–Crippen LogP) is 3.39. The third kappa shape index (κ3) is 5.15. The van der Waals surface area contributed by atoms with Crippen LogP contribution in [0, 0.1) is 11.3 Å². The number of nitriles is 1. The van der Waals surface area contributed by atoms with Crippen LogP contribution in [0.15, 0.2) is 35.0 Å². The molecule has 2 aromatic heterocycles. The second-order valence-corrected chi connectivity index (χ2v) is 8.50. The van der Waals surface area contributed by atoms with Gasteiger partial charge in [0.25, 0.3) is 11.8 Å². The van der Waals surface area contributed by atoms with Crippen molar-refractivity contribution in [2.75, 3.05) is 25.0 Å². The molecule has 0 fully saturated rings. The molecule has 4 rings (SSSR count). The minimum atomic E-state index is -0.796. The van der Waals surface area contributed by atoms with Crippen LogP contribution in [0.2, 0.25) is 0 Å². The molecule has 0 radical (unpaired) electrons. The van der Waals surface area contributed by atoms with E-state index in [1.165, 1.54) is 5.56 Å². The first kappa shape index (κ1) is 23.2. The second kappa shape index (κ2) is 9.89. The number of carboxylic acids is 1. The molecule has 176 valence electrons. The van der Waals surface area contributed by atoms with Gasteiger partial charge in [0, 0.05) is 31.5 Å². The normalized spacial score (nSPS) is 12.8. The molecule has 0 bridgehead atoms. The van der Waals surface area contributed by atoms with Crippen LogP contribution < -0.4 is 9.64 Å². The number of nitrogens with zero attached hydrogens (tertiary/aromatic N) is 6. The van der Waals surface area contributed by atoms with Crippen LogP contribution >= 0.6 is 0 Å². The number of benzene rings is 1. The predicted molar refractivity (Wildman–Crippen MR) is 124 cm³/mol. The van der Waals surface area contributed by atoms with Gasteiger partial charge < -0.3 is 24.2 Å². The molecule has 0 saturated heterocycles. The van der Waals surface area contributed by atoms with Gasteiger partial charge in [-0.05, 0) is 55.7 Å². The molecule has 1 aromatic carbocycles. The Bertz CT molecular complexity index is 1230. The van der Waals surface area contributed by atoms with Gasteiger partial charge in [0.15, 0.2) is 0 Å². The molecule has 0 unspecified atom stereocenters. The zero-order chi connectivity index (χ0) is 24.2. The van der Waals surface area contributed by atoms with Gasteiger partial charge >= 0.3 is 5.97 Å². The fourth-order valence-electron chi connectivity index (χ4n) is 3.85. The average molecular weight is 463 g/mol. The van der Waals surface area contributed by atoms with Gasteiger partial charge in [-0.1, -0.05) is 12.1 Å². The lowest BCUT2D eigenvalue weighted by molar-refractivity contribution is -0.137. The van der Waals surface area contributed by atoms with Crippen molar-refractivity contribution < 1.29 is 19.2 Å². The zero-order valence-electron chi connectivity index (χ0n) is 19.4. The third-order valence-electron chi connectivity index (χ3n) is 5.42. The average Bonchev–Trinajstić information content (AvgIpc) is 3.44. The number of ether oxygens (including phenoxy) is 1. The Labute approximate surface area is 197 Å². The van der Waals surface area contributed by atoms with Gasteiger partial charge in [0.05, 0.1) is 18.1 Å². The number of fused-ring (bicyclic) bond motifs is 1. The molecule has 0 saturated carbocycles. The number of hydrogen-bond donors (Lipinski definition) is 1. The number of pyridine rings is 1. The van der Waals surface area contributed by atoms with Crippen molar-refractivity contribution in [3.05, 3.63) is 47.2 Å². The standard InChI is InChI=1S/C24H26N6O4/c1-15(2)33-22-18(12-25)11-19(13-26-22)23-27-24(28-34-23)30-9-6-17-10-16(4-5-20(17)30)14-29(3)8-7-21(31)32/h4-5,10-11,13,15H,6-9,14H2,1-3H3,(H,31,32). The Morgan fingerprint density at radius 2 is 2.21 bits per heavy atom. The maximum Gasteiger partial charge on any atom is 0.304 e. The van der Waals surface area contributed by atoms with E-state index in [0.717, 1.165) is 24.2 Å². The van der Waals surface area contributed by atoms with Gasteiger partial charge in [-0.2, -0.15) is 10.2 Å². The van der Waals surface area contributed by atoms with Gasteiger partial charge in [-0.25, -0.2) is 4.98 Å². The van der Waals surface area contributed by atoms with Crippen LogP contribution in [0.25, 0.3) is 11.5 Å². The van der Waals surface area contributed by atoms with Crippen LogP contribution in [0.1, 0.15) is 37.0 Å². The fraction of sp³-hybridized carbons (Fsp3) is 0.375. The van der Waals surface area contributed by atoms with Gasteiger partial charge in [0.2, 0.25) is 5.88 Å². The minimum absolute atomic E-state index is 0.0960. The fourth-order valence-corrected chi connectivity index (χ4v) is 3.85. The SMILES string of the molecule is CC(C)Oc1ncc(-c2nc(N3CCc4cc(CN(C)CCC(=O)O)ccc43)no2)cc1C#N. The number of carbonyl (C=O) groups is 1. The lowest BCUT2D eigenvalue weighted by atomic mass is 10.1. The molecule has 10 heteroatoms. The largest absolute Gasteiger partial charge is 0.481 e. The molecular formula is C24H26N6O4. The van der Waals surface area contributed by atoms with E-state index in [1.807, 2.05) is 42.8 Å². The van der Waals surface area contributed by atoms with E-state index in [1.54, 1.807) is 12.3 Å². The van der Waals surface area contributed by atoms with Crippen LogP contribution in [0.4, 0.5) is 11.6 Å². The number of anilines is 2. The minimum Gasteiger partial charge on any atom is -0.481 e. The Hall–Kier alpha value is -3.97. The highest BCUT2D eigenvalue weighted by Crippen LogP contribution is 2.35. The summed E-state index contributed by atoms with van der Waals surface area (Å²) in [6.45, 7) is 5.63. The summed E-state index contributed by atoms with van der Waals surface area (Å²) in [5, 5.41) is 22.5. The highest BCUT2D eigenvalue weighted by molar-refractivity contribution is 5.68. The van der Waals surface area contributed by atoms with Crippen LogP contribution in [-0.2, 0) is 17.8 Å². The lowest BCUT2D eigenvalue weighted by Crippen LogP contribution is -2.21. The number of rotatable bonds is 9. The summed E-state index contributed by atoms with van der Waals surface area (Å²) >= 11 is 0. The molecule has 0 amide bonds. The van der Waals surface area contributed by atoms with Gasteiger partial charge in [-0.3, -0.25) is 4.79 Å². The van der Waals surface area contributed by atoms with Crippen LogP contribution in [0.3, 0.4) is 0 Å². The smallest absolute Gasteiger partial charge is 0.304 e. The Morgan fingerprint density at radius 1 is 1.38 bits per heavy atom. The van der Waals surface area contributed by atoms with Crippen LogP contribution in [0.5, 0.6) is 5.88 Å². The van der Waals surface area contributed by atoms with E-state index >= 15 is 0 Å². The first-order valence-electron chi connectivity index (χ1n) is 11.0. The summed E-state index contributed by atoms with van der Waals surface area (Å²) in [7, 11) is 1.91. The summed E-state index contributed by atoms with van der Waals surface area (Å²) in [5.41, 5.74) is 4.17. The van der Waals surface area contributed by atoms with Gasteiger partial charge in [0.1, 0.15) is 11.6 Å². The second-order valence-electron chi connectivity index (χ2n) is 8.50. The van der Waals surface area contributed by atoms with Crippen molar-refractivity contribution >= 4 is 17.6 Å². The number of aromatic nitrogens is 3. The topological polar surface area (TPSA) is 129 Å². The summed E-state index contributed by atoms with van der Waals surface area (Å²) < 4.78 is 11.0. The van der Waals surface area contributed by atoms with E-state index < -0.39 is 5.97 Å². The molecule has 3 heterocycles. The van der Waals surface area contributed by atoms with Crippen molar-refractivity contribution in [3.63, 3.8) is 0 Å². The summed E-state index contributed by atoms with van der Waals surface area (Å²) in [5.74, 6) is 0.204. The summed E-state index contributed by atoms with van der Waals surface area (Å²) in [6, 6.07) is 9.94. The zero-order valence-corrected chi connectivity index (χ0v) is 19.4. The Morgan fingerprint density at radius 3 is 2.94 bits per heavy atom. The highest BCUT2D eigenvalue weighted by Gasteiger charge is 2.25. The van der Waals surface area contributed by atoms with E-state index in [2.05, 4.69) is 27.3 Å². The van der Waals surface area contributed by atoms with Crippen molar-refractivity contribution in [2.45, 2.75) is 39.3 Å². The first-order chi connectivity index (χ1) is 16.3. The molecule has 0 atom stereocenters. The summed E-state index contributed by atoms with van der Waals surface area (Å²) in [6.07, 6.45) is 2.42. The van der Waals surface area contributed by atoms with E-state index in [4.69, 9.17) is 14.4 Å². The molecular weight excluding hydrogens is 436 g/mol. The van der Waals surface area contributed by atoms with E-state index in [-0.39, 0.29) is 24.3 Å².